The van der Waals surface area contributed by atoms with Gasteiger partial charge in [-0.1, -0.05) is 35.4 Å². The number of aromatic nitrogens is 1. The van der Waals surface area contributed by atoms with E-state index < -0.39 is 0 Å². The van der Waals surface area contributed by atoms with Crippen molar-refractivity contribution in [1.82, 2.24) is 9.47 Å². The van der Waals surface area contributed by atoms with E-state index in [2.05, 4.69) is 47.7 Å². The predicted octanol–water partition coefficient (Wildman–Crippen LogP) is 4.74. The van der Waals surface area contributed by atoms with Gasteiger partial charge in [0, 0.05) is 35.6 Å². The first kappa shape index (κ1) is 14.6. The van der Waals surface area contributed by atoms with Crippen LogP contribution in [0.4, 0.5) is 0 Å². The molecule has 0 radical (unpaired) electrons. The van der Waals surface area contributed by atoms with Crippen LogP contribution in [0.1, 0.15) is 34.0 Å². The zero-order valence-electron chi connectivity index (χ0n) is 14.1. The van der Waals surface area contributed by atoms with E-state index in [0.29, 0.717) is 6.04 Å². The monoisotopic (exact) mass is 336 g/mol. The highest BCUT2D eigenvalue weighted by molar-refractivity contribution is 6.30. The van der Waals surface area contributed by atoms with Crippen LogP contribution in [0.5, 0.6) is 0 Å². The summed E-state index contributed by atoms with van der Waals surface area (Å²) in [5, 5.41) is 2.29. The Balaban J connectivity index is 1.77. The maximum absolute atomic E-state index is 6.11. The highest BCUT2D eigenvalue weighted by Gasteiger charge is 2.32. The molecule has 0 bridgehead atoms. The van der Waals surface area contributed by atoms with Crippen LogP contribution in [-0.4, -0.2) is 23.1 Å². The molecule has 3 aromatic rings. The van der Waals surface area contributed by atoms with E-state index in [1.807, 2.05) is 12.1 Å². The summed E-state index contributed by atoms with van der Waals surface area (Å²) >= 11 is 6.11. The fraction of sp³-hybridized carbons (Fsp3) is 0.333. The minimum absolute atomic E-state index is 0.411. The van der Waals surface area contributed by atoms with Crippen molar-refractivity contribution in [3.05, 3.63) is 69.4 Å². The second kappa shape index (κ2) is 5.11. The van der Waals surface area contributed by atoms with Crippen LogP contribution in [0.3, 0.4) is 0 Å². The van der Waals surface area contributed by atoms with E-state index in [1.165, 1.54) is 27.6 Å². The molecule has 0 fully saturated rings. The molecule has 1 unspecified atom stereocenters. The molecule has 2 aliphatic heterocycles. The topological polar surface area (TPSA) is 8.17 Å². The average Bonchev–Trinajstić information content (AvgIpc) is 3.08. The summed E-state index contributed by atoms with van der Waals surface area (Å²) in [4.78, 5) is 2.44. The molecule has 2 aromatic carbocycles. The minimum Gasteiger partial charge on any atom is -0.336 e. The van der Waals surface area contributed by atoms with Gasteiger partial charge in [-0.05, 0) is 55.3 Å². The second-order valence-electron chi connectivity index (χ2n) is 7.37. The Kier molecular flexibility index (Phi) is 3.10. The van der Waals surface area contributed by atoms with Gasteiger partial charge >= 0.3 is 0 Å². The van der Waals surface area contributed by atoms with Gasteiger partial charge in [0.05, 0.1) is 11.6 Å². The maximum atomic E-state index is 6.11. The van der Waals surface area contributed by atoms with Crippen molar-refractivity contribution >= 4 is 22.5 Å². The number of hydrogen-bond donors (Lipinski definition) is 0. The minimum atomic E-state index is 0.411. The van der Waals surface area contributed by atoms with Crippen LogP contribution in [0.2, 0.25) is 5.02 Å². The van der Waals surface area contributed by atoms with Crippen molar-refractivity contribution in [1.29, 1.82) is 0 Å². The predicted molar refractivity (Wildman–Crippen MR) is 100 cm³/mol. The Morgan fingerprint density at radius 2 is 1.92 bits per heavy atom. The van der Waals surface area contributed by atoms with Crippen LogP contribution in [0.25, 0.3) is 10.9 Å². The first-order valence-corrected chi connectivity index (χ1v) is 9.09. The highest BCUT2D eigenvalue weighted by Crippen LogP contribution is 2.43. The Bertz CT molecular complexity index is 952. The molecule has 3 heterocycles. The number of aryl methyl sites for hydroxylation is 1. The molecule has 0 amide bonds. The Hall–Kier alpha value is -1.77. The number of halogens is 1. The zero-order chi connectivity index (χ0) is 16.4. The highest BCUT2D eigenvalue weighted by atomic mass is 35.5. The fourth-order valence-corrected chi connectivity index (χ4v) is 4.77. The van der Waals surface area contributed by atoms with Gasteiger partial charge in [0.2, 0.25) is 0 Å². The van der Waals surface area contributed by atoms with Crippen molar-refractivity contribution in [2.45, 2.75) is 32.4 Å². The number of fused-ring (bicyclic) bond motifs is 3. The van der Waals surface area contributed by atoms with E-state index in [0.717, 1.165) is 31.0 Å². The summed E-state index contributed by atoms with van der Waals surface area (Å²) in [7, 11) is 2.23. The third-order valence-corrected chi connectivity index (χ3v) is 5.93. The lowest BCUT2D eigenvalue weighted by Gasteiger charge is -2.26. The Morgan fingerprint density at radius 3 is 2.71 bits per heavy atom. The average molecular weight is 337 g/mol. The van der Waals surface area contributed by atoms with Crippen LogP contribution in [-0.2, 0) is 19.4 Å². The van der Waals surface area contributed by atoms with Crippen molar-refractivity contribution in [3.63, 3.8) is 0 Å². The summed E-state index contributed by atoms with van der Waals surface area (Å²) in [6, 6.07) is 13.6. The molecule has 1 atom stereocenters. The van der Waals surface area contributed by atoms with Crippen LogP contribution in [0, 0.1) is 6.92 Å². The lowest BCUT2D eigenvalue weighted by molar-refractivity contribution is 0.308. The molecule has 0 saturated carbocycles. The quantitative estimate of drug-likeness (QED) is 0.623. The molecule has 2 nitrogen and oxygen atoms in total. The van der Waals surface area contributed by atoms with Crippen molar-refractivity contribution < 1.29 is 0 Å². The standard InChI is InChI=1S/C21H21ClN2/c1-13-9-15-11-20(14-3-5-16(22)6-4-14)24-19-7-8-23(2)12-18(19)17(10-13)21(15)24/h3-6,9-10,20H,7-8,11-12H2,1-2H3. The maximum Gasteiger partial charge on any atom is 0.0629 e. The number of rotatable bonds is 1. The number of hydrogen-bond acceptors (Lipinski definition) is 1. The molecular formula is C21H21ClN2. The van der Waals surface area contributed by atoms with Crippen molar-refractivity contribution in [2.24, 2.45) is 0 Å². The van der Waals surface area contributed by atoms with Gasteiger partial charge in [-0.2, -0.15) is 0 Å². The molecule has 0 aliphatic carbocycles. The van der Waals surface area contributed by atoms with Gasteiger partial charge in [0.15, 0.2) is 0 Å². The molecule has 0 saturated heterocycles. The van der Waals surface area contributed by atoms with E-state index in [-0.39, 0.29) is 0 Å². The number of nitrogens with zero attached hydrogens (tertiary/aromatic N) is 2. The van der Waals surface area contributed by atoms with Crippen LogP contribution < -0.4 is 0 Å². The molecule has 0 spiro atoms. The number of likely N-dealkylation sites (N-methyl/N-ethyl adjacent to an activating group) is 1. The SMILES string of the molecule is Cc1cc2c3c(c1)c1c(n3C(c3ccc(Cl)cc3)C2)CCN(C)C1. The molecule has 0 N–H and O–H groups in total. The zero-order valence-corrected chi connectivity index (χ0v) is 14.9. The molecule has 122 valence electrons. The molecule has 2 aliphatic rings. The largest absolute Gasteiger partial charge is 0.336 e. The molecule has 3 heteroatoms. The summed E-state index contributed by atoms with van der Waals surface area (Å²) in [5.74, 6) is 0. The van der Waals surface area contributed by atoms with Gasteiger partial charge in [-0.3, -0.25) is 0 Å². The molecular weight excluding hydrogens is 316 g/mol. The van der Waals surface area contributed by atoms with Crippen LogP contribution in [0.15, 0.2) is 36.4 Å². The van der Waals surface area contributed by atoms with E-state index in [4.69, 9.17) is 11.6 Å². The third kappa shape index (κ3) is 2.00. The van der Waals surface area contributed by atoms with Gasteiger partial charge in [0.25, 0.3) is 0 Å². The second-order valence-corrected chi connectivity index (χ2v) is 7.81. The van der Waals surface area contributed by atoms with Crippen LogP contribution >= 0.6 is 11.6 Å². The van der Waals surface area contributed by atoms with Crippen molar-refractivity contribution in [2.75, 3.05) is 13.6 Å². The Labute approximate surface area is 147 Å². The molecule has 5 rings (SSSR count). The first-order valence-electron chi connectivity index (χ1n) is 8.71. The number of benzene rings is 2. The van der Waals surface area contributed by atoms with E-state index in [9.17, 15) is 0 Å². The van der Waals surface area contributed by atoms with E-state index in [1.54, 1.807) is 11.3 Å². The van der Waals surface area contributed by atoms with Crippen molar-refractivity contribution in [3.8, 4) is 0 Å². The summed E-state index contributed by atoms with van der Waals surface area (Å²) < 4.78 is 2.63. The van der Waals surface area contributed by atoms with Gasteiger partial charge in [0.1, 0.15) is 0 Å². The summed E-state index contributed by atoms with van der Waals surface area (Å²) in [6.45, 7) is 4.43. The summed E-state index contributed by atoms with van der Waals surface area (Å²) in [6.07, 6.45) is 2.24. The van der Waals surface area contributed by atoms with Gasteiger partial charge in [-0.25, -0.2) is 0 Å². The molecule has 1 aromatic heterocycles. The first-order chi connectivity index (χ1) is 11.6. The van der Waals surface area contributed by atoms with Gasteiger partial charge < -0.3 is 9.47 Å². The molecule has 24 heavy (non-hydrogen) atoms. The van der Waals surface area contributed by atoms with E-state index >= 15 is 0 Å². The summed E-state index contributed by atoms with van der Waals surface area (Å²) in [5.41, 5.74) is 8.81. The fourth-order valence-electron chi connectivity index (χ4n) is 4.65. The third-order valence-electron chi connectivity index (χ3n) is 5.68. The lowest BCUT2D eigenvalue weighted by atomic mass is 9.96. The smallest absolute Gasteiger partial charge is 0.0629 e. The lowest BCUT2D eigenvalue weighted by Crippen LogP contribution is -2.28. The van der Waals surface area contributed by atoms with Gasteiger partial charge in [-0.15, -0.1) is 0 Å². The normalized spacial score (nSPS) is 19.9. The Morgan fingerprint density at radius 1 is 1.12 bits per heavy atom.